The Morgan fingerprint density at radius 3 is 2.29 bits per heavy atom. The normalized spacial score (nSPS) is 29.3. The highest BCUT2D eigenvalue weighted by molar-refractivity contribution is 5.27. The molecule has 1 aliphatic rings. The smallest absolute Gasteiger partial charge is 0.148 e. The van der Waals surface area contributed by atoms with Gasteiger partial charge >= 0.3 is 0 Å². The second-order valence-corrected chi connectivity index (χ2v) is 4.69. The fraction of sp³-hybridized carbons (Fsp3) is 0.583. The van der Waals surface area contributed by atoms with Crippen LogP contribution in [0.3, 0.4) is 0 Å². The molecule has 94 valence electrons. The highest BCUT2D eigenvalue weighted by atomic mass is 19.1. The summed E-state index contributed by atoms with van der Waals surface area (Å²) < 4.78 is 27.5. The van der Waals surface area contributed by atoms with Gasteiger partial charge < -0.3 is 10.8 Å². The molecule has 1 aliphatic carbocycles. The largest absolute Gasteiger partial charge is 0.393 e. The highest BCUT2D eigenvalue weighted by Crippen LogP contribution is 2.40. The average molecular weight is 242 g/mol. The van der Waals surface area contributed by atoms with Crippen LogP contribution >= 0.6 is 0 Å². The van der Waals surface area contributed by atoms with Gasteiger partial charge in [0.05, 0.1) is 18.5 Å². The van der Waals surface area contributed by atoms with Crippen molar-refractivity contribution >= 4 is 0 Å². The Labute approximate surface area is 98.7 Å². The number of nitrogens with two attached hydrogens (primary N) is 1. The lowest BCUT2D eigenvalue weighted by Gasteiger charge is -2.38. The Hall–Kier alpha value is -1.07. The standard InChI is InChI=1S/C12H16F2N2O/c13-9-5-16-6-10(14)11(9)12(7-15)3-1-8(17)2-4-12/h5-6,8,17H,1-4,7,15H2. The van der Waals surface area contributed by atoms with Gasteiger partial charge in [-0.25, -0.2) is 8.78 Å². The van der Waals surface area contributed by atoms with E-state index < -0.39 is 17.0 Å². The Bertz CT molecular complexity index is 383. The number of nitrogens with zero attached hydrogens (tertiary/aromatic N) is 1. The van der Waals surface area contributed by atoms with E-state index in [9.17, 15) is 13.9 Å². The van der Waals surface area contributed by atoms with Crippen LogP contribution in [0.4, 0.5) is 8.78 Å². The van der Waals surface area contributed by atoms with Gasteiger partial charge in [0.25, 0.3) is 0 Å². The summed E-state index contributed by atoms with van der Waals surface area (Å²) in [4.78, 5) is 3.48. The summed E-state index contributed by atoms with van der Waals surface area (Å²) in [6, 6.07) is 0. The van der Waals surface area contributed by atoms with Gasteiger partial charge in [-0.15, -0.1) is 0 Å². The Morgan fingerprint density at radius 2 is 1.82 bits per heavy atom. The molecule has 1 aromatic heterocycles. The lowest BCUT2D eigenvalue weighted by molar-refractivity contribution is 0.0949. The van der Waals surface area contributed by atoms with Gasteiger partial charge in [-0.05, 0) is 25.7 Å². The van der Waals surface area contributed by atoms with Crippen LogP contribution in [0.1, 0.15) is 31.2 Å². The summed E-state index contributed by atoms with van der Waals surface area (Å²) in [6.45, 7) is 0.178. The maximum absolute atomic E-state index is 13.7. The monoisotopic (exact) mass is 242 g/mol. The molecule has 17 heavy (non-hydrogen) atoms. The molecule has 1 aromatic rings. The number of aliphatic hydroxyl groups excluding tert-OH is 1. The van der Waals surface area contributed by atoms with Crippen LogP contribution in [0.5, 0.6) is 0 Å². The molecule has 0 spiro atoms. The molecule has 0 aromatic carbocycles. The van der Waals surface area contributed by atoms with Crippen molar-refractivity contribution in [3.8, 4) is 0 Å². The molecule has 0 amide bonds. The topological polar surface area (TPSA) is 59.1 Å². The third kappa shape index (κ3) is 2.17. The Kier molecular flexibility index (Phi) is 3.40. The van der Waals surface area contributed by atoms with Gasteiger partial charge in [-0.2, -0.15) is 0 Å². The van der Waals surface area contributed by atoms with Crippen molar-refractivity contribution in [2.45, 2.75) is 37.2 Å². The third-order valence-electron chi connectivity index (χ3n) is 3.69. The van der Waals surface area contributed by atoms with Crippen molar-refractivity contribution in [2.24, 2.45) is 5.73 Å². The minimum absolute atomic E-state index is 0.0295. The molecule has 1 fully saturated rings. The quantitative estimate of drug-likeness (QED) is 0.826. The predicted molar refractivity (Wildman–Crippen MR) is 59.4 cm³/mol. The summed E-state index contributed by atoms with van der Waals surface area (Å²) in [5.74, 6) is -1.29. The molecule has 1 heterocycles. The van der Waals surface area contributed by atoms with Crippen LogP contribution in [0.25, 0.3) is 0 Å². The number of halogens is 2. The summed E-state index contributed by atoms with van der Waals surface area (Å²) in [6.07, 6.45) is 3.70. The van der Waals surface area contributed by atoms with Crippen LogP contribution < -0.4 is 5.73 Å². The summed E-state index contributed by atoms with van der Waals surface area (Å²) in [5.41, 5.74) is 5.05. The number of hydrogen-bond donors (Lipinski definition) is 2. The van der Waals surface area contributed by atoms with E-state index in [0.717, 1.165) is 12.4 Å². The molecular weight excluding hydrogens is 226 g/mol. The minimum atomic E-state index is -0.698. The van der Waals surface area contributed by atoms with Gasteiger partial charge in [0, 0.05) is 17.5 Å². The molecular formula is C12H16F2N2O. The third-order valence-corrected chi connectivity index (χ3v) is 3.69. The zero-order chi connectivity index (χ0) is 12.5. The van der Waals surface area contributed by atoms with Crippen LogP contribution in [0, 0.1) is 11.6 Å². The molecule has 0 atom stereocenters. The molecule has 5 heteroatoms. The fourth-order valence-electron chi connectivity index (χ4n) is 2.63. The van der Waals surface area contributed by atoms with Crippen LogP contribution in [0.15, 0.2) is 12.4 Å². The second kappa shape index (κ2) is 4.66. The summed E-state index contributed by atoms with van der Waals surface area (Å²) in [5, 5.41) is 9.48. The number of aliphatic hydroxyl groups is 1. The van der Waals surface area contributed by atoms with Crippen molar-refractivity contribution in [3.05, 3.63) is 29.6 Å². The predicted octanol–water partition coefficient (Wildman–Crippen LogP) is 1.49. The lowest BCUT2D eigenvalue weighted by atomic mass is 9.68. The average Bonchev–Trinajstić information content (AvgIpc) is 2.32. The van der Waals surface area contributed by atoms with E-state index in [0.29, 0.717) is 25.7 Å². The molecule has 3 nitrogen and oxygen atoms in total. The van der Waals surface area contributed by atoms with Crippen molar-refractivity contribution in [2.75, 3.05) is 6.54 Å². The molecule has 0 aliphatic heterocycles. The number of aromatic nitrogens is 1. The van der Waals surface area contributed by atoms with E-state index >= 15 is 0 Å². The van der Waals surface area contributed by atoms with Crippen molar-refractivity contribution in [3.63, 3.8) is 0 Å². The number of hydrogen-bond acceptors (Lipinski definition) is 3. The summed E-state index contributed by atoms with van der Waals surface area (Å²) in [7, 11) is 0. The maximum atomic E-state index is 13.7. The van der Waals surface area contributed by atoms with Crippen molar-refractivity contribution < 1.29 is 13.9 Å². The first-order valence-electron chi connectivity index (χ1n) is 5.77. The van der Waals surface area contributed by atoms with Crippen LogP contribution in [0.2, 0.25) is 0 Å². The Balaban J connectivity index is 2.41. The van der Waals surface area contributed by atoms with Crippen LogP contribution in [-0.2, 0) is 5.41 Å². The first kappa shape index (κ1) is 12.4. The molecule has 1 saturated carbocycles. The van der Waals surface area contributed by atoms with Crippen molar-refractivity contribution in [1.29, 1.82) is 0 Å². The molecule has 0 saturated heterocycles. The van der Waals surface area contributed by atoms with Gasteiger partial charge in [0.1, 0.15) is 11.6 Å². The van der Waals surface area contributed by atoms with E-state index in [-0.39, 0.29) is 18.2 Å². The van der Waals surface area contributed by atoms with Gasteiger partial charge in [-0.1, -0.05) is 0 Å². The molecule has 0 bridgehead atoms. The zero-order valence-electron chi connectivity index (χ0n) is 9.50. The fourth-order valence-corrected chi connectivity index (χ4v) is 2.63. The second-order valence-electron chi connectivity index (χ2n) is 4.69. The Morgan fingerprint density at radius 1 is 1.29 bits per heavy atom. The molecule has 3 N–H and O–H groups in total. The minimum Gasteiger partial charge on any atom is -0.393 e. The number of rotatable bonds is 2. The van der Waals surface area contributed by atoms with E-state index in [1.54, 1.807) is 0 Å². The number of pyridine rings is 1. The molecule has 0 radical (unpaired) electrons. The van der Waals surface area contributed by atoms with Crippen molar-refractivity contribution in [1.82, 2.24) is 4.98 Å². The van der Waals surface area contributed by atoms with E-state index in [4.69, 9.17) is 5.73 Å². The molecule has 2 rings (SSSR count). The lowest BCUT2D eigenvalue weighted by Crippen LogP contribution is -2.41. The van der Waals surface area contributed by atoms with E-state index in [1.807, 2.05) is 0 Å². The first-order chi connectivity index (χ1) is 8.09. The van der Waals surface area contributed by atoms with E-state index in [2.05, 4.69) is 4.98 Å². The zero-order valence-corrected chi connectivity index (χ0v) is 9.50. The molecule has 0 unspecified atom stereocenters. The highest BCUT2D eigenvalue weighted by Gasteiger charge is 2.39. The summed E-state index contributed by atoms with van der Waals surface area (Å²) >= 11 is 0. The van der Waals surface area contributed by atoms with Gasteiger partial charge in [0.2, 0.25) is 0 Å². The van der Waals surface area contributed by atoms with E-state index in [1.165, 1.54) is 0 Å². The SMILES string of the molecule is NCC1(c2c(F)cncc2F)CCC(O)CC1. The first-order valence-corrected chi connectivity index (χ1v) is 5.77. The van der Waals surface area contributed by atoms with Gasteiger partial charge in [-0.3, -0.25) is 4.98 Å². The maximum Gasteiger partial charge on any atom is 0.148 e. The van der Waals surface area contributed by atoms with Gasteiger partial charge in [0.15, 0.2) is 0 Å². The van der Waals surface area contributed by atoms with Crippen LogP contribution in [-0.4, -0.2) is 22.7 Å².